The molecule has 9 heteroatoms. The Kier molecular flexibility index (Phi) is 6.87. The number of hydrogen-bond acceptors (Lipinski definition) is 6. The third-order valence-corrected chi connectivity index (χ3v) is 8.69. The fraction of sp³-hybridized carbons (Fsp3) is 0.440. The lowest BCUT2D eigenvalue weighted by molar-refractivity contribution is 0.0596. The van der Waals surface area contributed by atoms with E-state index in [0.717, 1.165) is 24.0 Å². The van der Waals surface area contributed by atoms with Crippen LogP contribution in [0.5, 0.6) is 0 Å². The number of rotatable bonds is 6. The first-order chi connectivity index (χ1) is 16.6. The summed E-state index contributed by atoms with van der Waals surface area (Å²) in [7, 11) is -1.23. The Hall–Kier alpha value is -2.46. The minimum atomic E-state index is -1.23. The van der Waals surface area contributed by atoms with Gasteiger partial charge in [-0.1, -0.05) is 47.6 Å². The summed E-state index contributed by atoms with van der Waals surface area (Å²) in [6.07, 6.45) is 2.95. The Morgan fingerprint density at radius 1 is 1.18 bits per heavy atom. The summed E-state index contributed by atoms with van der Waals surface area (Å²) in [5.41, 5.74) is 1.69. The number of aliphatic hydroxyl groups is 1. The van der Waals surface area contributed by atoms with E-state index >= 15 is 4.39 Å². The SMILES string of the molecule is O=S1[C@@H](c2ccccc2)CCCN1Cc1ccc(C2(c3noc(CO)n3)CCOCC2)cc1F. The van der Waals surface area contributed by atoms with E-state index in [4.69, 9.17) is 9.26 Å². The summed E-state index contributed by atoms with van der Waals surface area (Å²) in [6.45, 7) is 1.62. The van der Waals surface area contributed by atoms with Crippen molar-refractivity contribution in [2.75, 3.05) is 19.8 Å². The second kappa shape index (κ2) is 10.0. The van der Waals surface area contributed by atoms with Crippen molar-refractivity contribution in [3.63, 3.8) is 0 Å². The molecule has 0 spiro atoms. The average Bonchev–Trinajstić information content (AvgIpc) is 3.37. The molecule has 2 aliphatic rings. The van der Waals surface area contributed by atoms with Gasteiger partial charge in [-0.3, -0.25) is 0 Å². The van der Waals surface area contributed by atoms with Crippen LogP contribution >= 0.6 is 0 Å². The zero-order chi connectivity index (χ0) is 23.5. The van der Waals surface area contributed by atoms with Crippen LogP contribution in [0.25, 0.3) is 0 Å². The van der Waals surface area contributed by atoms with Crippen LogP contribution in [0.1, 0.15) is 59.3 Å². The topological polar surface area (TPSA) is 88.7 Å². The minimum Gasteiger partial charge on any atom is -0.387 e. The molecule has 2 fully saturated rings. The predicted octanol–water partition coefficient (Wildman–Crippen LogP) is 3.80. The lowest BCUT2D eigenvalue weighted by atomic mass is 9.73. The smallest absolute Gasteiger partial charge is 0.252 e. The van der Waals surface area contributed by atoms with Gasteiger partial charge in [-0.15, -0.1) is 0 Å². The molecule has 180 valence electrons. The molecule has 0 radical (unpaired) electrons. The maximum atomic E-state index is 15.4. The summed E-state index contributed by atoms with van der Waals surface area (Å²) in [5.74, 6) is 0.237. The van der Waals surface area contributed by atoms with Crippen molar-refractivity contribution in [1.29, 1.82) is 0 Å². The lowest BCUT2D eigenvalue weighted by Crippen LogP contribution is -2.37. The molecule has 0 aliphatic carbocycles. The summed E-state index contributed by atoms with van der Waals surface area (Å²) < 4.78 is 41.2. The summed E-state index contributed by atoms with van der Waals surface area (Å²) >= 11 is 0. The van der Waals surface area contributed by atoms with E-state index < -0.39 is 16.4 Å². The fourth-order valence-corrected chi connectivity index (χ4v) is 6.65. The van der Waals surface area contributed by atoms with Gasteiger partial charge in [-0.25, -0.2) is 12.9 Å². The Labute approximate surface area is 200 Å². The molecule has 2 aromatic carbocycles. The minimum absolute atomic E-state index is 0.0678. The summed E-state index contributed by atoms with van der Waals surface area (Å²) in [5, 5.41) is 13.4. The van der Waals surface area contributed by atoms with Crippen molar-refractivity contribution < 1.29 is 23.0 Å². The maximum absolute atomic E-state index is 15.4. The molecule has 2 saturated heterocycles. The predicted molar refractivity (Wildman–Crippen MR) is 124 cm³/mol. The monoisotopic (exact) mass is 485 g/mol. The average molecular weight is 486 g/mol. The summed E-state index contributed by atoms with van der Waals surface area (Å²) in [4.78, 5) is 4.34. The number of nitrogens with zero attached hydrogens (tertiary/aromatic N) is 3. The van der Waals surface area contributed by atoms with Crippen LogP contribution in [0.3, 0.4) is 0 Å². The number of ether oxygens (including phenoxy) is 1. The van der Waals surface area contributed by atoms with Crippen molar-refractivity contribution in [2.24, 2.45) is 0 Å². The van der Waals surface area contributed by atoms with E-state index in [2.05, 4.69) is 10.1 Å². The van der Waals surface area contributed by atoms with Gasteiger partial charge in [0.05, 0.1) is 10.7 Å². The van der Waals surface area contributed by atoms with Gasteiger partial charge in [0.1, 0.15) is 23.4 Å². The van der Waals surface area contributed by atoms with Gasteiger partial charge in [-0.05, 0) is 42.9 Å². The van der Waals surface area contributed by atoms with Crippen molar-refractivity contribution in [3.8, 4) is 0 Å². The molecule has 1 N–H and O–H groups in total. The second-order valence-electron chi connectivity index (χ2n) is 8.85. The summed E-state index contributed by atoms with van der Waals surface area (Å²) in [6, 6.07) is 15.1. The number of aromatic nitrogens is 2. The third kappa shape index (κ3) is 4.45. The zero-order valence-electron chi connectivity index (χ0n) is 18.9. The van der Waals surface area contributed by atoms with Gasteiger partial charge < -0.3 is 14.4 Å². The maximum Gasteiger partial charge on any atom is 0.252 e. The van der Waals surface area contributed by atoms with E-state index in [1.54, 1.807) is 6.07 Å². The van der Waals surface area contributed by atoms with Gasteiger partial charge >= 0.3 is 0 Å². The lowest BCUT2D eigenvalue weighted by Gasteiger charge is -2.35. The van der Waals surface area contributed by atoms with Crippen LogP contribution in [-0.2, 0) is 34.3 Å². The van der Waals surface area contributed by atoms with Crippen LogP contribution in [-0.4, -0.2) is 43.5 Å². The van der Waals surface area contributed by atoms with E-state index in [0.29, 0.717) is 44.0 Å². The Morgan fingerprint density at radius 2 is 1.97 bits per heavy atom. The first kappa shape index (κ1) is 23.3. The van der Waals surface area contributed by atoms with Crippen molar-refractivity contribution in [3.05, 3.63) is 82.8 Å². The zero-order valence-corrected chi connectivity index (χ0v) is 19.7. The number of hydrogen-bond donors (Lipinski definition) is 1. The van der Waals surface area contributed by atoms with Crippen molar-refractivity contribution in [2.45, 2.75) is 49.5 Å². The van der Waals surface area contributed by atoms with E-state index in [1.165, 1.54) is 6.07 Å². The molecule has 2 aliphatic heterocycles. The Balaban J connectivity index is 1.39. The third-order valence-electron chi connectivity index (χ3n) is 6.87. The Bertz CT molecular complexity index is 1150. The van der Waals surface area contributed by atoms with Gasteiger partial charge in [0.25, 0.3) is 5.89 Å². The van der Waals surface area contributed by atoms with Gasteiger partial charge in [0.15, 0.2) is 5.82 Å². The van der Waals surface area contributed by atoms with Gasteiger partial charge in [0.2, 0.25) is 0 Å². The largest absolute Gasteiger partial charge is 0.387 e. The molecule has 3 aromatic rings. The molecule has 1 aromatic heterocycles. The van der Waals surface area contributed by atoms with Crippen molar-refractivity contribution >= 4 is 11.0 Å². The van der Waals surface area contributed by atoms with Crippen molar-refractivity contribution in [1.82, 2.24) is 14.4 Å². The molecule has 1 unspecified atom stereocenters. The molecule has 2 atom stereocenters. The second-order valence-corrected chi connectivity index (χ2v) is 10.5. The van der Waals surface area contributed by atoms with E-state index in [1.807, 2.05) is 40.7 Å². The van der Waals surface area contributed by atoms with Crippen LogP contribution in [0.15, 0.2) is 53.1 Å². The number of halogens is 1. The molecule has 34 heavy (non-hydrogen) atoms. The fourth-order valence-electron chi connectivity index (χ4n) is 4.96. The first-order valence-corrected chi connectivity index (χ1v) is 12.8. The Morgan fingerprint density at radius 3 is 2.68 bits per heavy atom. The molecular formula is C25H28FN3O4S. The standard InChI is InChI=1S/C25H28FN3O4S/c26-21-15-20(25(10-13-32-14-11-25)24-27-23(17-30)33-28-24)9-8-19(21)16-29-12-4-7-22(34(29)31)18-5-2-1-3-6-18/h1-3,5-6,8-9,15,22,30H,4,7,10-14,16-17H2/t22-,34?/m1/s1. The molecule has 5 rings (SSSR count). The molecule has 0 saturated carbocycles. The van der Waals surface area contributed by atoms with E-state index in [-0.39, 0.29) is 30.1 Å². The number of benzene rings is 2. The molecule has 0 bridgehead atoms. The first-order valence-electron chi connectivity index (χ1n) is 11.6. The highest BCUT2D eigenvalue weighted by atomic mass is 32.2. The van der Waals surface area contributed by atoms with Crippen LogP contribution in [0.2, 0.25) is 0 Å². The highest BCUT2D eigenvalue weighted by Gasteiger charge is 2.41. The van der Waals surface area contributed by atoms with Crippen LogP contribution < -0.4 is 0 Å². The quantitative estimate of drug-likeness (QED) is 0.571. The molecular weight excluding hydrogens is 457 g/mol. The van der Waals surface area contributed by atoms with Gasteiger partial charge in [0, 0.05) is 31.9 Å². The van der Waals surface area contributed by atoms with Gasteiger partial charge in [-0.2, -0.15) is 4.98 Å². The highest BCUT2D eigenvalue weighted by Crippen LogP contribution is 2.40. The highest BCUT2D eigenvalue weighted by molar-refractivity contribution is 7.82. The van der Waals surface area contributed by atoms with E-state index in [9.17, 15) is 9.32 Å². The van der Waals surface area contributed by atoms with Crippen LogP contribution in [0.4, 0.5) is 4.39 Å². The molecule has 0 amide bonds. The number of aliphatic hydroxyl groups excluding tert-OH is 1. The molecule has 3 heterocycles. The van der Waals surface area contributed by atoms with Crippen LogP contribution in [0, 0.1) is 5.82 Å². The normalized spacial score (nSPS) is 23.1. The molecule has 7 nitrogen and oxygen atoms in total.